The summed E-state index contributed by atoms with van der Waals surface area (Å²) in [6, 6.07) is 0.671. The Morgan fingerprint density at radius 3 is 2.86 bits per heavy atom. The van der Waals surface area contributed by atoms with Crippen LogP contribution in [0.25, 0.3) is 0 Å². The van der Waals surface area contributed by atoms with Crippen molar-refractivity contribution in [1.29, 1.82) is 0 Å². The summed E-state index contributed by atoms with van der Waals surface area (Å²) < 4.78 is 1.89. The van der Waals surface area contributed by atoms with Gasteiger partial charge < -0.3 is 5.32 Å². The lowest BCUT2D eigenvalue weighted by Gasteiger charge is -2.35. The van der Waals surface area contributed by atoms with Crippen molar-refractivity contribution in [2.75, 3.05) is 5.32 Å². The lowest BCUT2D eigenvalue weighted by Crippen LogP contribution is -2.36. The molecule has 1 aliphatic rings. The van der Waals surface area contributed by atoms with Gasteiger partial charge in [0.05, 0.1) is 11.4 Å². The molecule has 1 saturated carbocycles. The van der Waals surface area contributed by atoms with E-state index in [4.69, 9.17) is 0 Å². The van der Waals surface area contributed by atoms with E-state index in [9.17, 15) is 0 Å². The molecule has 1 aliphatic carbocycles. The zero-order chi connectivity index (χ0) is 10.1. The van der Waals surface area contributed by atoms with Gasteiger partial charge in [-0.15, -0.1) is 0 Å². The van der Waals surface area contributed by atoms with Crippen molar-refractivity contribution in [3.63, 3.8) is 0 Å². The molecule has 2 unspecified atom stereocenters. The Morgan fingerprint density at radius 1 is 1.57 bits per heavy atom. The first kappa shape index (κ1) is 9.56. The number of anilines is 1. The summed E-state index contributed by atoms with van der Waals surface area (Å²) in [5, 5.41) is 8.00. The van der Waals surface area contributed by atoms with Gasteiger partial charge >= 0.3 is 0 Å². The van der Waals surface area contributed by atoms with Gasteiger partial charge in [0.2, 0.25) is 0 Å². The first-order valence-electron chi connectivity index (χ1n) is 5.49. The number of aryl methyl sites for hydroxylation is 2. The molecule has 2 rings (SSSR count). The Bertz CT molecular complexity index is 316. The van der Waals surface area contributed by atoms with E-state index in [-0.39, 0.29) is 0 Å². The van der Waals surface area contributed by atoms with Crippen molar-refractivity contribution < 1.29 is 0 Å². The summed E-state index contributed by atoms with van der Waals surface area (Å²) in [5.74, 6) is 0.819. The summed E-state index contributed by atoms with van der Waals surface area (Å²) >= 11 is 0. The van der Waals surface area contributed by atoms with Crippen molar-refractivity contribution in [3.8, 4) is 0 Å². The maximum atomic E-state index is 4.42. The zero-order valence-corrected chi connectivity index (χ0v) is 9.25. The van der Waals surface area contributed by atoms with Crippen molar-refractivity contribution in [3.05, 3.63) is 11.9 Å². The van der Waals surface area contributed by atoms with Crippen LogP contribution in [-0.4, -0.2) is 15.8 Å². The second kappa shape index (κ2) is 3.64. The maximum Gasteiger partial charge on any atom is 0.0853 e. The molecule has 0 radical (unpaired) electrons. The van der Waals surface area contributed by atoms with E-state index >= 15 is 0 Å². The molecular weight excluding hydrogens is 174 g/mol. The van der Waals surface area contributed by atoms with Crippen molar-refractivity contribution >= 4 is 5.69 Å². The van der Waals surface area contributed by atoms with Crippen LogP contribution in [0, 0.1) is 5.92 Å². The summed E-state index contributed by atoms with van der Waals surface area (Å²) in [4.78, 5) is 0. The van der Waals surface area contributed by atoms with Crippen LogP contribution in [0.4, 0.5) is 5.69 Å². The highest BCUT2D eigenvalue weighted by molar-refractivity contribution is 5.47. The largest absolute Gasteiger partial charge is 0.379 e. The monoisotopic (exact) mass is 193 g/mol. The van der Waals surface area contributed by atoms with Crippen LogP contribution in [-0.2, 0) is 13.5 Å². The highest BCUT2D eigenvalue weighted by Crippen LogP contribution is 2.30. The first-order valence-corrected chi connectivity index (χ1v) is 5.49. The number of aromatic nitrogens is 2. The molecule has 0 bridgehead atoms. The quantitative estimate of drug-likeness (QED) is 0.797. The predicted molar refractivity (Wildman–Crippen MR) is 58.4 cm³/mol. The van der Waals surface area contributed by atoms with Gasteiger partial charge in [0.25, 0.3) is 0 Å². The summed E-state index contributed by atoms with van der Waals surface area (Å²) in [6.07, 6.45) is 5.76. The standard InChI is InChI=1S/C11H19N3/c1-4-9-11(7-14(3)13-9)12-10-6-5-8(10)2/h7-8,10,12H,4-6H2,1-3H3. The number of nitrogens with one attached hydrogen (secondary N) is 1. The van der Waals surface area contributed by atoms with E-state index in [1.807, 2.05) is 11.7 Å². The van der Waals surface area contributed by atoms with Gasteiger partial charge in [0, 0.05) is 19.3 Å². The van der Waals surface area contributed by atoms with E-state index in [1.165, 1.54) is 24.2 Å². The Labute approximate surface area is 85.5 Å². The fourth-order valence-corrected chi connectivity index (χ4v) is 2.00. The average molecular weight is 193 g/mol. The molecule has 78 valence electrons. The van der Waals surface area contributed by atoms with Gasteiger partial charge in [-0.3, -0.25) is 4.68 Å². The van der Waals surface area contributed by atoms with Crippen LogP contribution in [0.5, 0.6) is 0 Å². The molecule has 3 nitrogen and oxygen atoms in total. The van der Waals surface area contributed by atoms with E-state index < -0.39 is 0 Å². The Kier molecular flexibility index (Phi) is 2.48. The molecule has 1 fully saturated rings. The first-order chi connectivity index (χ1) is 6.70. The van der Waals surface area contributed by atoms with Gasteiger partial charge in [-0.05, 0) is 25.2 Å². The van der Waals surface area contributed by atoms with Crippen LogP contribution in [0.1, 0.15) is 32.4 Å². The number of hydrogen-bond donors (Lipinski definition) is 1. The van der Waals surface area contributed by atoms with Crippen LogP contribution < -0.4 is 5.32 Å². The zero-order valence-electron chi connectivity index (χ0n) is 9.25. The fraction of sp³-hybridized carbons (Fsp3) is 0.727. The highest BCUT2D eigenvalue weighted by Gasteiger charge is 2.27. The molecule has 2 atom stereocenters. The molecule has 1 heterocycles. The number of nitrogens with zero attached hydrogens (tertiary/aromatic N) is 2. The summed E-state index contributed by atoms with van der Waals surface area (Å²) in [6.45, 7) is 4.46. The Balaban J connectivity index is 2.07. The molecule has 0 amide bonds. The molecule has 1 aromatic heterocycles. The fourth-order valence-electron chi connectivity index (χ4n) is 2.00. The third-order valence-electron chi connectivity index (χ3n) is 3.20. The van der Waals surface area contributed by atoms with E-state index in [0.29, 0.717) is 6.04 Å². The molecular formula is C11H19N3. The van der Waals surface area contributed by atoms with Gasteiger partial charge in [-0.1, -0.05) is 13.8 Å². The average Bonchev–Trinajstić information content (AvgIpc) is 2.53. The van der Waals surface area contributed by atoms with E-state index in [2.05, 4.69) is 30.5 Å². The summed E-state index contributed by atoms with van der Waals surface area (Å²) in [7, 11) is 1.98. The Hall–Kier alpha value is -0.990. The third-order valence-corrected chi connectivity index (χ3v) is 3.20. The predicted octanol–water partition coefficient (Wildman–Crippen LogP) is 2.19. The smallest absolute Gasteiger partial charge is 0.0853 e. The van der Waals surface area contributed by atoms with Gasteiger partial charge in [-0.25, -0.2) is 0 Å². The molecule has 1 N–H and O–H groups in total. The van der Waals surface area contributed by atoms with Gasteiger partial charge in [-0.2, -0.15) is 5.10 Å². The van der Waals surface area contributed by atoms with Crippen molar-refractivity contribution in [2.24, 2.45) is 13.0 Å². The topological polar surface area (TPSA) is 29.9 Å². The summed E-state index contributed by atoms with van der Waals surface area (Å²) in [5.41, 5.74) is 2.41. The second-order valence-electron chi connectivity index (χ2n) is 4.32. The van der Waals surface area contributed by atoms with Crippen LogP contribution in [0.3, 0.4) is 0 Å². The molecule has 0 aromatic carbocycles. The number of hydrogen-bond acceptors (Lipinski definition) is 2. The minimum atomic E-state index is 0.671. The van der Waals surface area contributed by atoms with Crippen LogP contribution >= 0.6 is 0 Å². The van der Waals surface area contributed by atoms with Crippen LogP contribution in [0.2, 0.25) is 0 Å². The van der Waals surface area contributed by atoms with Crippen molar-refractivity contribution in [2.45, 2.75) is 39.2 Å². The molecule has 0 saturated heterocycles. The van der Waals surface area contributed by atoms with Gasteiger partial charge in [0.1, 0.15) is 0 Å². The SMILES string of the molecule is CCc1nn(C)cc1NC1CCC1C. The molecule has 3 heteroatoms. The lowest BCUT2D eigenvalue weighted by molar-refractivity contribution is 0.303. The minimum absolute atomic E-state index is 0.671. The van der Waals surface area contributed by atoms with Crippen LogP contribution in [0.15, 0.2) is 6.20 Å². The normalized spacial score (nSPS) is 25.9. The molecule has 0 spiro atoms. The lowest BCUT2D eigenvalue weighted by atomic mass is 9.81. The Morgan fingerprint density at radius 2 is 2.36 bits per heavy atom. The molecule has 0 aliphatic heterocycles. The van der Waals surface area contributed by atoms with Gasteiger partial charge in [0.15, 0.2) is 0 Å². The second-order valence-corrected chi connectivity index (χ2v) is 4.32. The molecule has 14 heavy (non-hydrogen) atoms. The minimum Gasteiger partial charge on any atom is -0.379 e. The maximum absolute atomic E-state index is 4.42. The number of rotatable bonds is 3. The highest BCUT2D eigenvalue weighted by atomic mass is 15.3. The van der Waals surface area contributed by atoms with E-state index in [1.54, 1.807) is 0 Å². The third kappa shape index (κ3) is 1.63. The molecule has 1 aromatic rings. The van der Waals surface area contributed by atoms with Crippen molar-refractivity contribution in [1.82, 2.24) is 9.78 Å². The van der Waals surface area contributed by atoms with E-state index in [0.717, 1.165) is 12.3 Å².